The first-order valence-corrected chi connectivity index (χ1v) is 3.43. The Bertz CT molecular complexity index is 171. The summed E-state index contributed by atoms with van der Waals surface area (Å²) in [6.45, 7) is 1.26. The van der Waals surface area contributed by atoms with Crippen LogP contribution in [0.25, 0.3) is 0 Å². The number of nitrogens with one attached hydrogen (secondary N) is 1. The van der Waals surface area contributed by atoms with Crippen molar-refractivity contribution >= 4 is 5.91 Å². The van der Waals surface area contributed by atoms with Crippen molar-refractivity contribution in [1.82, 2.24) is 5.32 Å². The fourth-order valence-electron chi connectivity index (χ4n) is 1.55. The van der Waals surface area contributed by atoms with Gasteiger partial charge in [-0.05, 0) is 0 Å². The van der Waals surface area contributed by atoms with Crippen molar-refractivity contribution in [2.24, 2.45) is 11.7 Å². The number of nitrogens with two attached hydrogens (primary N) is 1. The van der Waals surface area contributed by atoms with E-state index < -0.39 is 0 Å². The molecule has 3 atom stereocenters. The molecule has 0 spiro atoms. The molecule has 0 bridgehead atoms. The van der Waals surface area contributed by atoms with Crippen molar-refractivity contribution in [3.63, 3.8) is 0 Å². The van der Waals surface area contributed by atoms with Gasteiger partial charge in [0.05, 0.1) is 25.3 Å². The molecule has 0 saturated carbocycles. The van der Waals surface area contributed by atoms with Gasteiger partial charge in [0, 0.05) is 5.92 Å². The summed E-state index contributed by atoms with van der Waals surface area (Å²) in [5, 5.41) is 2.78. The molecule has 0 unspecified atom stereocenters. The first-order chi connectivity index (χ1) is 4.79. The molecule has 4 heteroatoms. The van der Waals surface area contributed by atoms with Crippen LogP contribution in [0, 0.1) is 5.92 Å². The average molecular weight is 142 g/mol. The monoisotopic (exact) mass is 142 g/mol. The molecule has 1 amide bonds. The molecule has 2 rings (SSSR count). The molecule has 4 nitrogen and oxygen atoms in total. The van der Waals surface area contributed by atoms with Crippen LogP contribution in [0.3, 0.4) is 0 Å². The molecule has 2 aliphatic heterocycles. The Balaban J connectivity index is 2.16. The van der Waals surface area contributed by atoms with Crippen LogP contribution in [0.15, 0.2) is 0 Å². The molecular weight excluding hydrogens is 132 g/mol. The predicted octanol–water partition coefficient (Wildman–Crippen LogP) is -1.54. The quantitative estimate of drug-likeness (QED) is 0.431. The number of carbonyl (C=O) groups excluding carboxylic acids is 1. The Morgan fingerprint density at radius 2 is 2.40 bits per heavy atom. The van der Waals surface area contributed by atoms with E-state index in [1.807, 2.05) is 0 Å². The molecule has 10 heavy (non-hydrogen) atoms. The summed E-state index contributed by atoms with van der Waals surface area (Å²) < 4.78 is 5.14. The van der Waals surface area contributed by atoms with Gasteiger partial charge in [0.2, 0.25) is 5.91 Å². The van der Waals surface area contributed by atoms with E-state index in [4.69, 9.17) is 10.5 Å². The molecule has 2 fully saturated rings. The highest BCUT2D eigenvalue weighted by Crippen LogP contribution is 2.21. The molecule has 0 aliphatic carbocycles. The Hall–Kier alpha value is -0.610. The number of ether oxygens (including phenoxy) is 1. The summed E-state index contributed by atoms with van der Waals surface area (Å²) in [6.07, 6.45) is 0. The number of amides is 1. The van der Waals surface area contributed by atoms with Gasteiger partial charge >= 0.3 is 0 Å². The van der Waals surface area contributed by atoms with Crippen LogP contribution < -0.4 is 11.1 Å². The zero-order valence-electron chi connectivity index (χ0n) is 5.54. The normalized spacial score (nSPS) is 45.3. The Kier molecular flexibility index (Phi) is 1.18. The van der Waals surface area contributed by atoms with Gasteiger partial charge in [-0.2, -0.15) is 0 Å². The summed E-state index contributed by atoms with van der Waals surface area (Å²) in [5.74, 6) is 0.186. The largest absolute Gasteiger partial charge is 0.379 e. The van der Waals surface area contributed by atoms with Gasteiger partial charge in [0.15, 0.2) is 0 Å². The van der Waals surface area contributed by atoms with E-state index in [0.29, 0.717) is 13.2 Å². The lowest BCUT2D eigenvalue weighted by Gasteiger charge is -2.05. The van der Waals surface area contributed by atoms with Crippen molar-refractivity contribution in [3.05, 3.63) is 0 Å². The zero-order valence-corrected chi connectivity index (χ0v) is 5.54. The summed E-state index contributed by atoms with van der Waals surface area (Å²) in [6, 6.07) is -0.157. The number of fused-ring (bicyclic) bond motifs is 1. The van der Waals surface area contributed by atoms with Gasteiger partial charge in [0.1, 0.15) is 0 Å². The molecule has 0 aromatic carbocycles. The van der Waals surface area contributed by atoms with E-state index in [1.54, 1.807) is 0 Å². The van der Waals surface area contributed by atoms with Gasteiger partial charge in [-0.15, -0.1) is 0 Å². The SMILES string of the molecule is N[C@@H]1C(=O)N[C@H]2COC[C@H]21. The highest BCUT2D eigenvalue weighted by atomic mass is 16.5. The molecule has 0 aromatic heterocycles. The van der Waals surface area contributed by atoms with Gasteiger partial charge in [0.25, 0.3) is 0 Å². The molecule has 56 valence electrons. The summed E-state index contributed by atoms with van der Waals surface area (Å²) >= 11 is 0. The van der Waals surface area contributed by atoms with Crippen molar-refractivity contribution < 1.29 is 9.53 Å². The maximum Gasteiger partial charge on any atom is 0.237 e. The van der Waals surface area contributed by atoms with Crippen LogP contribution in [0.5, 0.6) is 0 Å². The van der Waals surface area contributed by atoms with E-state index in [0.717, 1.165) is 0 Å². The van der Waals surface area contributed by atoms with Crippen molar-refractivity contribution in [1.29, 1.82) is 0 Å². The summed E-state index contributed by atoms with van der Waals surface area (Å²) in [5.41, 5.74) is 5.57. The van der Waals surface area contributed by atoms with Crippen LogP contribution in [-0.4, -0.2) is 31.2 Å². The maximum absolute atomic E-state index is 10.9. The Labute approximate surface area is 58.7 Å². The molecule has 2 heterocycles. The predicted molar refractivity (Wildman–Crippen MR) is 34.2 cm³/mol. The minimum atomic E-state index is -0.340. The zero-order chi connectivity index (χ0) is 7.14. The maximum atomic E-state index is 10.9. The van der Waals surface area contributed by atoms with E-state index in [-0.39, 0.29) is 23.9 Å². The third kappa shape index (κ3) is 0.660. The van der Waals surface area contributed by atoms with Gasteiger partial charge in [-0.3, -0.25) is 4.79 Å². The molecule has 0 aromatic rings. The van der Waals surface area contributed by atoms with Crippen LogP contribution in [-0.2, 0) is 9.53 Å². The average Bonchev–Trinajstić information content (AvgIpc) is 2.41. The second kappa shape index (κ2) is 1.93. The van der Waals surface area contributed by atoms with E-state index in [2.05, 4.69) is 5.32 Å². The van der Waals surface area contributed by atoms with Crippen molar-refractivity contribution in [2.75, 3.05) is 13.2 Å². The van der Waals surface area contributed by atoms with Crippen LogP contribution in [0.2, 0.25) is 0 Å². The van der Waals surface area contributed by atoms with Crippen LogP contribution in [0.4, 0.5) is 0 Å². The number of rotatable bonds is 0. The lowest BCUT2D eigenvalue weighted by Crippen LogP contribution is -2.35. The minimum Gasteiger partial charge on any atom is -0.379 e. The van der Waals surface area contributed by atoms with Crippen LogP contribution in [0.1, 0.15) is 0 Å². The second-order valence-electron chi connectivity index (χ2n) is 2.84. The third-order valence-corrected chi connectivity index (χ3v) is 2.22. The second-order valence-corrected chi connectivity index (χ2v) is 2.84. The number of carbonyl (C=O) groups is 1. The topological polar surface area (TPSA) is 64.4 Å². The van der Waals surface area contributed by atoms with E-state index in [1.165, 1.54) is 0 Å². The summed E-state index contributed by atoms with van der Waals surface area (Å²) in [7, 11) is 0. The standard InChI is InChI=1S/C6H10N2O2/c7-5-3-1-10-2-4(3)8-6(5)9/h3-5H,1-2,7H2,(H,8,9)/t3-,4+,5+/m1/s1. The first-order valence-electron chi connectivity index (χ1n) is 3.43. The molecular formula is C6H10N2O2. The Morgan fingerprint density at radius 3 is 3.10 bits per heavy atom. The highest BCUT2D eigenvalue weighted by molar-refractivity contribution is 5.84. The molecule has 3 N–H and O–H groups in total. The lowest BCUT2D eigenvalue weighted by molar-refractivity contribution is -0.121. The van der Waals surface area contributed by atoms with Crippen molar-refractivity contribution in [3.8, 4) is 0 Å². The van der Waals surface area contributed by atoms with Gasteiger partial charge in [-0.1, -0.05) is 0 Å². The fourth-order valence-corrected chi connectivity index (χ4v) is 1.55. The van der Waals surface area contributed by atoms with E-state index in [9.17, 15) is 4.79 Å². The molecule has 2 saturated heterocycles. The van der Waals surface area contributed by atoms with Gasteiger partial charge < -0.3 is 15.8 Å². The van der Waals surface area contributed by atoms with Gasteiger partial charge in [-0.25, -0.2) is 0 Å². The van der Waals surface area contributed by atoms with E-state index >= 15 is 0 Å². The smallest absolute Gasteiger partial charge is 0.237 e. The van der Waals surface area contributed by atoms with Crippen molar-refractivity contribution in [2.45, 2.75) is 12.1 Å². The fraction of sp³-hybridized carbons (Fsp3) is 0.833. The number of hydrogen-bond donors (Lipinski definition) is 2. The molecule has 2 aliphatic rings. The highest BCUT2D eigenvalue weighted by Gasteiger charge is 2.43. The lowest BCUT2D eigenvalue weighted by atomic mass is 10.0. The Morgan fingerprint density at radius 1 is 1.60 bits per heavy atom. The molecule has 0 radical (unpaired) electrons. The number of hydrogen-bond acceptors (Lipinski definition) is 3. The first kappa shape index (κ1) is 6.12. The minimum absolute atomic E-state index is 0.0294. The summed E-state index contributed by atoms with van der Waals surface area (Å²) in [4.78, 5) is 10.9. The van der Waals surface area contributed by atoms with Crippen LogP contribution >= 0.6 is 0 Å². The third-order valence-electron chi connectivity index (χ3n) is 2.22.